The number of carbonyl (C=O) groups excluding carboxylic acids is 1. The van der Waals surface area contributed by atoms with Crippen LogP contribution in [0.25, 0.3) is 11.0 Å². The lowest BCUT2D eigenvalue weighted by molar-refractivity contribution is 0.102. The lowest BCUT2D eigenvalue weighted by Crippen LogP contribution is -2.12. The van der Waals surface area contributed by atoms with Crippen molar-refractivity contribution in [2.75, 3.05) is 5.32 Å². The lowest BCUT2D eigenvalue weighted by Gasteiger charge is -2.02. The van der Waals surface area contributed by atoms with Gasteiger partial charge in [0.15, 0.2) is 0 Å². The molecule has 2 N–H and O–H groups in total. The van der Waals surface area contributed by atoms with Gasteiger partial charge < -0.3 is 4.98 Å². The number of nitrogens with one attached hydrogen (secondary N) is 2. The summed E-state index contributed by atoms with van der Waals surface area (Å²) in [5.41, 5.74) is 2.29. The highest BCUT2D eigenvalue weighted by Gasteiger charge is 2.13. The Balaban J connectivity index is 1.48. The highest BCUT2D eigenvalue weighted by molar-refractivity contribution is 7.15. The Hall–Kier alpha value is -2.77. The molecule has 0 aliphatic carbocycles. The fraction of sp³-hybridized carbons (Fsp3) is 0.0588. The smallest absolute Gasteiger partial charge is 0.259 e. The van der Waals surface area contributed by atoms with Gasteiger partial charge in [0.2, 0.25) is 5.13 Å². The van der Waals surface area contributed by atoms with Crippen molar-refractivity contribution in [3.63, 3.8) is 0 Å². The molecule has 2 heterocycles. The van der Waals surface area contributed by atoms with E-state index >= 15 is 0 Å². The number of halogens is 1. The number of anilines is 1. The predicted octanol–water partition coefficient (Wildman–Crippen LogP) is 3.91. The Labute approximate surface area is 151 Å². The highest BCUT2D eigenvalue weighted by Crippen LogP contribution is 2.21. The maximum absolute atomic E-state index is 12.2. The average molecular weight is 370 g/mol. The van der Waals surface area contributed by atoms with Crippen LogP contribution in [0.5, 0.6) is 0 Å². The zero-order chi connectivity index (χ0) is 17.2. The fourth-order valence-corrected chi connectivity index (χ4v) is 3.38. The Morgan fingerprint density at radius 1 is 1.12 bits per heavy atom. The maximum atomic E-state index is 12.2. The molecule has 0 radical (unpaired) electrons. The summed E-state index contributed by atoms with van der Waals surface area (Å²) in [6, 6.07) is 14.7. The number of para-hydroxylation sites is 2. The van der Waals surface area contributed by atoms with Crippen molar-refractivity contribution in [2.45, 2.75) is 6.42 Å². The number of H-pyrrole nitrogens is 1. The van der Waals surface area contributed by atoms with E-state index in [0.717, 1.165) is 21.9 Å². The summed E-state index contributed by atoms with van der Waals surface area (Å²) in [5, 5.41) is 12.4. The van der Waals surface area contributed by atoms with Crippen LogP contribution in [0.4, 0.5) is 5.13 Å². The second-order valence-corrected chi connectivity index (χ2v) is 6.78. The largest absolute Gasteiger partial charge is 0.342 e. The molecule has 6 nitrogen and oxygen atoms in total. The number of hydrogen-bond acceptors (Lipinski definition) is 5. The van der Waals surface area contributed by atoms with Crippen LogP contribution in [0.2, 0.25) is 5.02 Å². The molecule has 0 aliphatic heterocycles. The highest BCUT2D eigenvalue weighted by atomic mass is 35.5. The zero-order valence-corrected chi connectivity index (χ0v) is 14.4. The molecule has 25 heavy (non-hydrogen) atoms. The molecule has 0 spiro atoms. The van der Waals surface area contributed by atoms with Gasteiger partial charge in [-0.3, -0.25) is 10.1 Å². The first kappa shape index (κ1) is 15.7. The molecule has 8 heteroatoms. The standard InChI is InChI=1S/C17H12ClN5OS/c18-11-6-2-1-5-10(11)16(24)21-17-23-22-15(25-17)9-14-19-12-7-3-4-8-13(12)20-14/h1-8H,9H2,(H,19,20)(H,21,23,24). The third kappa shape index (κ3) is 3.38. The van der Waals surface area contributed by atoms with Crippen LogP contribution < -0.4 is 5.32 Å². The zero-order valence-electron chi connectivity index (χ0n) is 12.9. The summed E-state index contributed by atoms with van der Waals surface area (Å²) in [4.78, 5) is 20.0. The second kappa shape index (κ2) is 6.62. The monoisotopic (exact) mass is 369 g/mol. The van der Waals surface area contributed by atoms with Gasteiger partial charge in [0.25, 0.3) is 5.91 Å². The molecule has 0 saturated heterocycles. The Bertz CT molecular complexity index is 1020. The maximum Gasteiger partial charge on any atom is 0.259 e. The summed E-state index contributed by atoms with van der Waals surface area (Å²) in [6.45, 7) is 0. The van der Waals surface area contributed by atoms with Crippen LogP contribution in [0.3, 0.4) is 0 Å². The average Bonchev–Trinajstić information content (AvgIpc) is 3.21. The van der Waals surface area contributed by atoms with Crippen molar-refractivity contribution < 1.29 is 4.79 Å². The van der Waals surface area contributed by atoms with Crippen LogP contribution >= 0.6 is 22.9 Å². The summed E-state index contributed by atoms with van der Waals surface area (Å²) in [6.07, 6.45) is 0.522. The second-order valence-electron chi connectivity index (χ2n) is 5.31. The van der Waals surface area contributed by atoms with Gasteiger partial charge >= 0.3 is 0 Å². The first-order valence-electron chi connectivity index (χ1n) is 7.51. The van der Waals surface area contributed by atoms with Crippen LogP contribution in [0, 0.1) is 0 Å². The minimum atomic E-state index is -0.308. The van der Waals surface area contributed by atoms with E-state index in [-0.39, 0.29) is 5.91 Å². The number of nitrogens with zero attached hydrogens (tertiary/aromatic N) is 3. The number of amides is 1. The number of aromatic nitrogens is 4. The van der Waals surface area contributed by atoms with Crippen molar-refractivity contribution in [3.8, 4) is 0 Å². The van der Waals surface area contributed by atoms with Crippen LogP contribution in [0.1, 0.15) is 21.2 Å². The number of benzene rings is 2. The number of aromatic amines is 1. The van der Waals surface area contributed by atoms with Gasteiger partial charge in [-0.15, -0.1) is 10.2 Å². The SMILES string of the molecule is O=C(Nc1nnc(Cc2nc3ccccc3[nH]2)s1)c1ccccc1Cl. The summed E-state index contributed by atoms with van der Waals surface area (Å²) in [7, 11) is 0. The molecule has 0 aliphatic rings. The number of fused-ring (bicyclic) bond motifs is 1. The first-order valence-corrected chi connectivity index (χ1v) is 8.70. The van der Waals surface area contributed by atoms with E-state index in [1.54, 1.807) is 24.3 Å². The van der Waals surface area contributed by atoms with Crippen molar-refractivity contribution in [1.82, 2.24) is 20.2 Å². The van der Waals surface area contributed by atoms with E-state index in [4.69, 9.17) is 11.6 Å². The summed E-state index contributed by atoms with van der Waals surface area (Å²) in [5.74, 6) is 0.498. The molecule has 0 bridgehead atoms. The van der Waals surface area contributed by atoms with Crippen LogP contribution in [-0.4, -0.2) is 26.1 Å². The fourth-order valence-electron chi connectivity index (χ4n) is 2.42. The molecule has 0 fully saturated rings. The molecule has 2 aromatic heterocycles. The molecule has 124 valence electrons. The molecule has 2 aromatic carbocycles. The quantitative estimate of drug-likeness (QED) is 0.571. The van der Waals surface area contributed by atoms with Crippen molar-refractivity contribution in [2.24, 2.45) is 0 Å². The molecule has 4 rings (SSSR count). The van der Waals surface area contributed by atoms with Gasteiger partial charge in [0.05, 0.1) is 28.0 Å². The van der Waals surface area contributed by atoms with E-state index in [1.807, 2.05) is 24.3 Å². The van der Waals surface area contributed by atoms with Gasteiger partial charge in [0, 0.05) is 0 Å². The van der Waals surface area contributed by atoms with E-state index in [0.29, 0.717) is 22.1 Å². The molecule has 1 amide bonds. The van der Waals surface area contributed by atoms with E-state index < -0.39 is 0 Å². The molecule has 0 unspecified atom stereocenters. The Kier molecular flexibility index (Phi) is 4.17. The van der Waals surface area contributed by atoms with Crippen LogP contribution in [0.15, 0.2) is 48.5 Å². The normalized spacial score (nSPS) is 10.9. The minimum absolute atomic E-state index is 0.308. The minimum Gasteiger partial charge on any atom is -0.342 e. The van der Waals surface area contributed by atoms with Gasteiger partial charge in [-0.25, -0.2) is 4.98 Å². The van der Waals surface area contributed by atoms with Gasteiger partial charge in [-0.2, -0.15) is 0 Å². The molecule has 4 aromatic rings. The third-order valence-corrected chi connectivity index (χ3v) is 4.73. The van der Waals surface area contributed by atoms with Gasteiger partial charge in [-0.1, -0.05) is 47.2 Å². The van der Waals surface area contributed by atoms with Crippen LogP contribution in [-0.2, 0) is 6.42 Å². The topological polar surface area (TPSA) is 83.6 Å². The predicted molar refractivity (Wildman–Crippen MR) is 98.2 cm³/mol. The van der Waals surface area contributed by atoms with E-state index in [1.165, 1.54) is 11.3 Å². The van der Waals surface area contributed by atoms with E-state index in [9.17, 15) is 4.79 Å². The molecule has 0 saturated carbocycles. The van der Waals surface area contributed by atoms with Crippen molar-refractivity contribution in [1.29, 1.82) is 0 Å². The molecule has 0 atom stereocenters. The van der Waals surface area contributed by atoms with Crippen molar-refractivity contribution >= 4 is 45.0 Å². The summed E-state index contributed by atoms with van der Waals surface area (Å²) < 4.78 is 0. The first-order chi connectivity index (χ1) is 12.2. The van der Waals surface area contributed by atoms with Gasteiger partial charge in [-0.05, 0) is 24.3 Å². The van der Waals surface area contributed by atoms with Gasteiger partial charge in [0.1, 0.15) is 10.8 Å². The van der Waals surface area contributed by atoms with E-state index in [2.05, 4.69) is 25.5 Å². The molecular weight excluding hydrogens is 358 g/mol. The number of imidazole rings is 1. The third-order valence-electron chi connectivity index (χ3n) is 3.56. The Morgan fingerprint density at radius 3 is 2.76 bits per heavy atom. The number of carbonyl (C=O) groups is 1. The number of rotatable bonds is 4. The summed E-state index contributed by atoms with van der Waals surface area (Å²) >= 11 is 7.34. The van der Waals surface area contributed by atoms with Crippen molar-refractivity contribution in [3.05, 3.63) is 69.9 Å². The molecular formula is C17H12ClN5OS. The Morgan fingerprint density at radius 2 is 1.92 bits per heavy atom. The number of hydrogen-bond donors (Lipinski definition) is 2. The lowest BCUT2D eigenvalue weighted by atomic mass is 10.2.